The zero-order valence-corrected chi connectivity index (χ0v) is 24.0. The number of hydrogen-bond donors (Lipinski definition) is 0. The summed E-state index contributed by atoms with van der Waals surface area (Å²) in [5, 5.41) is 0. The third-order valence-corrected chi connectivity index (χ3v) is 8.43. The SMILES string of the molecule is CCCCCCCCC(CCCCCCCCC(C)c1c(F)c(F)c(F)c(F)c1F)C(CC)(CC)OC. The van der Waals surface area contributed by atoms with Gasteiger partial charge in [-0.1, -0.05) is 105 Å². The second kappa shape index (κ2) is 18.2. The maximum Gasteiger partial charge on any atom is 0.200 e. The van der Waals surface area contributed by atoms with Gasteiger partial charge in [0.2, 0.25) is 5.82 Å². The lowest BCUT2D eigenvalue weighted by Gasteiger charge is -2.39. The Hall–Kier alpha value is -1.17. The molecule has 0 radical (unpaired) electrons. The third-order valence-electron chi connectivity index (χ3n) is 8.43. The first-order chi connectivity index (χ1) is 17.7. The van der Waals surface area contributed by atoms with Crippen LogP contribution < -0.4 is 0 Å². The predicted octanol–water partition coefficient (Wildman–Crippen LogP) is 11.2. The number of unbranched alkanes of at least 4 members (excludes halogenated alkanes) is 10. The second-order valence-electron chi connectivity index (χ2n) is 10.8. The summed E-state index contributed by atoms with van der Waals surface area (Å²) in [5.41, 5.74) is -0.732. The van der Waals surface area contributed by atoms with Gasteiger partial charge in [0.15, 0.2) is 23.3 Å². The lowest BCUT2D eigenvalue weighted by Crippen LogP contribution is -2.39. The van der Waals surface area contributed by atoms with Crippen LogP contribution in [-0.2, 0) is 4.74 Å². The van der Waals surface area contributed by atoms with Crippen LogP contribution in [0.3, 0.4) is 0 Å². The number of ether oxygens (including phenoxy) is 1. The van der Waals surface area contributed by atoms with E-state index in [9.17, 15) is 22.0 Å². The maximum atomic E-state index is 14.0. The zero-order chi connectivity index (χ0) is 27.8. The van der Waals surface area contributed by atoms with Crippen molar-refractivity contribution in [1.82, 2.24) is 0 Å². The molecule has 37 heavy (non-hydrogen) atoms. The molecule has 0 amide bonds. The maximum absolute atomic E-state index is 14.0. The van der Waals surface area contributed by atoms with Crippen molar-refractivity contribution in [2.75, 3.05) is 7.11 Å². The molecule has 1 aromatic rings. The smallest absolute Gasteiger partial charge is 0.200 e. The average Bonchev–Trinajstić information content (AvgIpc) is 2.90. The van der Waals surface area contributed by atoms with E-state index in [0.717, 1.165) is 44.9 Å². The molecule has 0 aromatic heterocycles. The standard InChI is InChI=1S/C31H51F5O/c1-6-9-10-11-15-18-21-24(31(7-2,8-3)37-5)22-19-16-13-12-14-17-20-23(4)25-26(32)28(34)30(36)29(35)27(25)33/h23-24H,6-22H2,1-5H3. The highest BCUT2D eigenvalue weighted by Gasteiger charge is 2.34. The van der Waals surface area contributed by atoms with Gasteiger partial charge in [0.1, 0.15) is 0 Å². The molecule has 0 bridgehead atoms. The minimum absolute atomic E-state index is 0.0383. The molecule has 1 nitrogen and oxygen atoms in total. The summed E-state index contributed by atoms with van der Waals surface area (Å²) in [7, 11) is 1.86. The van der Waals surface area contributed by atoms with Gasteiger partial charge < -0.3 is 4.74 Å². The van der Waals surface area contributed by atoms with Crippen molar-refractivity contribution >= 4 is 0 Å². The Morgan fingerprint density at radius 1 is 0.568 bits per heavy atom. The quantitative estimate of drug-likeness (QED) is 0.0659. The van der Waals surface area contributed by atoms with Crippen molar-refractivity contribution in [2.45, 2.75) is 148 Å². The van der Waals surface area contributed by atoms with Crippen LogP contribution >= 0.6 is 0 Å². The van der Waals surface area contributed by atoms with Gasteiger partial charge in [-0.05, 0) is 43.9 Å². The molecule has 2 unspecified atom stereocenters. The summed E-state index contributed by atoms with van der Waals surface area (Å²) in [4.78, 5) is 0. The molecule has 0 saturated carbocycles. The summed E-state index contributed by atoms with van der Waals surface area (Å²) < 4.78 is 74.3. The van der Waals surface area contributed by atoms with Gasteiger partial charge in [-0.2, -0.15) is 0 Å². The molecule has 0 aliphatic heterocycles. The molecule has 0 aliphatic rings. The molecule has 2 atom stereocenters. The van der Waals surface area contributed by atoms with Crippen LogP contribution in [0.5, 0.6) is 0 Å². The van der Waals surface area contributed by atoms with Crippen LogP contribution in [0.25, 0.3) is 0 Å². The fourth-order valence-electron chi connectivity index (χ4n) is 5.87. The molecule has 0 saturated heterocycles. The van der Waals surface area contributed by atoms with Crippen LogP contribution in [0.4, 0.5) is 22.0 Å². The van der Waals surface area contributed by atoms with E-state index < -0.39 is 40.6 Å². The molecule has 0 N–H and O–H groups in total. The van der Waals surface area contributed by atoms with Gasteiger partial charge in [-0.3, -0.25) is 0 Å². The van der Waals surface area contributed by atoms with E-state index in [1.807, 2.05) is 7.11 Å². The van der Waals surface area contributed by atoms with E-state index >= 15 is 0 Å². The minimum atomic E-state index is -2.10. The first kappa shape index (κ1) is 33.9. The fraction of sp³-hybridized carbons (Fsp3) is 0.806. The van der Waals surface area contributed by atoms with Gasteiger partial charge in [0.05, 0.1) is 5.60 Å². The zero-order valence-electron chi connectivity index (χ0n) is 24.0. The number of halogens is 5. The molecule has 1 rings (SSSR count). The molecule has 0 aliphatic carbocycles. The van der Waals surface area contributed by atoms with Crippen LogP contribution in [0.1, 0.15) is 148 Å². The highest BCUT2D eigenvalue weighted by Crippen LogP contribution is 2.37. The molecule has 6 heteroatoms. The van der Waals surface area contributed by atoms with E-state index in [1.165, 1.54) is 58.3 Å². The van der Waals surface area contributed by atoms with Gasteiger partial charge in [0, 0.05) is 12.7 Å². The van der Waals surface area contributed by atoms with Crippen LogP contribution in [0.2, 0.25) is 0 Å². The Kier molecular flexibility index (Phi) is 16.6. The Morgan fingerprint density at radius 2 is 0.946 bits per heavy atom. The topological polar surface area (TPSA) is 9.23 Å². The fourth-order valence-corrected chi connectivity index (χ4v) is 5.87. The number of hydrogen-bond acceptors (Lipinski definition) is 1. The molecule has 216 valence electrons. The lowest BCUT2D eigenvalue weighted by molar-refractivity contribution is -0.0712. The second-order valence-corrected chi connectivity index (χ2v) is 10.8. The molecule has 0 fully saturated rings. The third kappa shape index (κ3) is 10.1. The van der Waals surface area contributed by atoms with Crippen molar-refractivity contribution in [3.63, 3.8) is 0 Å². The lowest BCUT2D eigenvalue weighted by atomic mass is 9.76. The Bertz CT molecular complexity index is 725. The van der Waals surface area contributed by atoms with E-state index in [4.69, 9.17) is 4.74 Å². The van der Waals surface area contributed by atoms with Gasteiger partial charge >= 0.3 is 0 Å². The van der Waals surface area contributed by atoms with E-state index in [1.54, 1.807) is 0 Å². The molecular formula is C31H51F5O. The van der Waals surface area contributed by atoms with Crippen molar-refractivity contribution < 1.29 is 26.7 Å². The first-order valence-corrected chi connectivity index (χ1v) is 14.8. The van der Waals surface area contributed by atoms with Gasteiger partial charge in [0.25, 0.3) is 0 Å². The van der Waals surface area contributed by atoms with Crippen LogP contribution in [0, 0.1) is 35.0 Å². The molecule has 0 spiro atoms. The van der Waals surface area contributed by atoms with Crippen molar-refractivity contribution in [3.8, 4) is 0 Å². The predicted molar refractivity (Wildman–Crippen MR) is 143 cm³/mol. The minimum Gasteiger partial charge on any atom is -0.378 e. The average molecular weight is 535 g/mol. The monoisotopic (exact) mass is 534 g/mol. The Morgan fingerprint density at radius 3 is 1.35 bits per heavy atom. The number of benzene rings is 1. The summed E-state index contributed by atoms with van der Waals surface area (Å²) in [6, 6.07) is 0. The van der Waals surface area contributed by atoms with Crippen LogP contribution in [0.15, 0.2) is 0 Å². The van der Waals surface area contributed by atoms with Crippen molar-refractivity contribution in [2.24, 2.45) is 5.92 Å². The van der Waals surface area contributed by atoms with Crippen molar-refractivity contribution in [1.29, 1.82) is 0 Å². The number of rotatable bonds is 21. The first-order valence-electron chi connectivity index (χ1n) is 14.8. The Labute approximate surface area is 222 Å². The summed E-state index contributed by atoms with van der Waals surface area (Å²) in [5.74, 6) is -9.38. The van der Waals surface area contributed by atoms with Crippen LogP contribution in [-0.4, -0.2) is 12.7 Å². The highest BCUT2D eigenvalue weighted by atomic mass is 19.2. The Balaban J connectivity index is 2.42. The van der Waals surface area contributed by atoms with E-state index in [-0.39, 0.29) is 5.60 Å². The summed E-state index contributed by atoms with van der Waals surface area (Å²) in [6.07, 6.45) is 18.6. The van der Waals surface area contributed by atoms with Gasteiger partial charge in [-0.15, -0.1) is 0 Å². The van der Waals surface area contributed by atoms with Crippen molar-refractivity contribution in [3.05, 3.63) is 34.6 Å². The summed E-state index contributed by atoms with van der Waals surface area (Å²) in [6.45, 7) is 8.22. The van der Waals surface area contributed by atoms with E-state index in [2.05, 4.69) is 20.8 Å². The highest BCUT2D eigenvalue weighted by molar-refractivity contribution is 5.27. The van der Waals surface area contributed by atoms with Gasteiger partial charge in [-0.25, -0.2) is 22.0 Å². The number of methoxy groups -OCH3 is 1. The summed E-state index contributed by atoms with van der Waals surface area (Å²) >= 11 is 0. The molecule has 1 aromatic carbocycles. The largest absolute Gasteiger partial charge is 0.378 e. The molecule has 0 heterocycles. The molecular weight excluding hydrogens is 483 g/mol. The van der Waals surface area contributed by atoms with E-state index in [0.29, 0.717) is 18.8 Å². The normalized spacial score (nSPS) is 13.8.